The van der Waals surface area contributed by atoms with Gasteiger partial charge in [-0.05, 0) is 30.3 Å². The number of carbonyl (C=O) groups excluding carboxylic acids is 1. The molecule has 0 radical (unpaired) electrons. The van der Waals surface area contributed by atoms with Gasteiger partial charge < -0.3 is 4.74 Å². The number of nitrogen functional groups attached to an aromatic ring is 1. The molecule has 19 heavy (non-hydrogen) atoms. The summed E-state index contributed by atoms with van der Waals surface area (Å²) in [5.74, 6) is 5.43. The summed E-state index contributed by atoms with van der Waals surface area (Å²) in [5, 5.41) is 0. The van der Waals surface area contributed by atoms with Crippen LogP contribution in [0, 0.1) is 0 Å². The van der Waals surface area contributed by atoms with Crippen molar-refractivity contribution in [3.8, 4) is 5.75 Å². The molecule has 0 atom stereocenters. The van der Waals surface area contributed by atoms with E-state index in [1.807, 2.05) is 24.3 Å². The first kappa shape index (κ1) is 13.6. The zero-order valence-electron chi connectivity index (χ0n) is 10.1. The molecule has 2 rings (SSSR count). The third kappa shape index (κ3) is 3.56. The Morgan fingerprint density at radius 2 is 1.84 bits per heavy atom. The van der Waals surface area contributed by atoms with Crippen LogP contribution in [0.5, 0.6) is 5.75 Å². The van der Waals surface area contributed by atoms with Crippen molar-refractivity contribution in [1.29, 1.82) is 0 Å². The number of nitrogens with one attached hydrogen (secondary N) is 1. The number of hydrogen-bond acceptors (Lipinski definition) is 3. The van der Waals surface area contributed by atoms with E-state index in [1.54, 1.807) is 24.3 Å². The summed E-state index contributed by atoms with van der Waals surface area (Å²) in [4.78, 5) is 11.3. The van der Waals surface area contributed by atoms with E-state index in [0.717, 1.165) is 10.0 Å². The summed E-state index contributed by atoms with van der Waals surface area (Å²) in [6, 6.07) is 14.7. The topological polar surface area (TPSA) is 64.3 Å². The highest BCUT2D eigenvalue weighted by molar-refractivity contribution is 9.10. The molecule has 0 fully saturated rings. The fourth-order valence-electron chi connectivity index (χ4n) is 1.56. The van der Waals surface area contributed by atoms with Crippen molar-refractivity contribution in [3.63, 3.8) is 0 Å². The third-order valence-electron chi connectivity index (χ3n) is 2.60. The highest BCUT2D eigenvalue weighted by Crippen LogP contribution is 2.19. The zero-order valence-corrected chi connectivity index (χ0v) is 11.7. The van der Waals surface area contributed by atoms with Gasteiger partial charge in [-0.3, -0.25) is 10.2 Å². The maximum absolute atomic E-state index is 11.3. The lowest BCUT2D eigenvalue weighted by molar-refractivity contribution is 0.0953. The van der Waals surface area contributed by atoms with E-state index in [1.165, 1.54) is 0 Å². The van der Waals surface area contributed by atoms with Gasteiger partial charge in [0, 0.05) is 15.6 Å². The van der Waals surface area contributed by atoms with Crippen molar-refractivity contribution in [2.45, 2.75) is 6.61 Å². The van der Waals surface area contributed by atoms with Crippen molar-refractivity contribution in [3.05, 3.63) is 64.1 Å². The molecule has 0 aliphatic rings. The molecule has 2 aromatic carbocycles. The number of hydrazine groups is 1. The molecule has 0 saturated heterocycles. The maximum Gasteiger partial charge on any atom is 0.265 e. The molecule has 0 aromatic heterocycles. The van der Waals surface area contributed by atoms with Crippen LogP contribution < -0.4 is 16.0 Å². The Hall–Kier alpha value is -1.85. The Bertz CT molecular complexity index is 570. The quantitative estimate of drug-likeness (QED) is 0.517. The SMILES string of the molecule is NNC(=O)c1ccc(OCc2ccccc2Br)cc1. The minimum Gasteiger partial charge on any atom is -0.489 e. The van der Waals surface area contributed by atoms with E-state index in [9.17, 15) is 4.79 Å². The number of nitrogens with two attached hydrogens (primary N) is 1. The largest absolute Gasteiger partial charge is 0.489 e. The van der Waals surface area contributed by atoms with E-state index in [-0.39, 0.29) is 5.91 Å². The molecule has 0 saturated carbocycles. The highest BCUT2D eigenvalue weighted by atomic mass is 79.9. The number of rotatable bonds is 4. The van der Waals surface area contributed by atoms with Gasteiger partial charge in [-0.2, -0.15) is 0 Å². The smallest absolute Gasteiger partial charge is 0.265 e. The molecule has 98 valence electrons. The van der Waals surface area contributed by atoms with Crippen LogP contribution in [0.2, 0.25) is 0 Å². The van der Waals surface area contributed by atoms with Gasteiger partial charge in [0.05, 0.1) is 0 Å². The lowest BCUT2D eigenvalue weighted by atomic mass is 10.2. The first-order valence-corrected chi connectivity index (χ1v) is 6.47. The van der Waals surface area contributed by atoms with E-state index in [2.05, 4.69) is 21.4 Å². The zero-order chi connectivity index (χ0) is 13.7. The van der Waals surface area contributed by atoms with Gasteiger partial charge >= 0.3 is 0 Å². The fraction of sp³-hybridized carbons (Fsp3) is 0.0714. The fourth-order valence-corrected chi connectivity index (χ4v) is 1.96. The second-order valence-corrected chi connectivity index (χ2v) is 4.73. The van der Waals surface area contributed by atoms with Crippen molar-refractivity contribution in [2.75, 3.05) is 0 Å². The molecule has 0 bridgehead atoms. The van der Waals surface area contributed by atoms with E-state index >= 15 is 0 Å². The molecule has 0 heterocycles. The number of ether oxygens (including phenoxy) is 1. The lowest BCUT2D eigenvalue weighted by Crippen LogP contribution is -2.29. The van der Waals surface area contributed by atoms with Gasteiger partial charge in [0.25, 0.3) is 5.91 Å². The summed E-state index contributed by atoms with van der Waals surface area (Å²) >= 11 is 3.46. The predicted molar refractivity (Wildman–Crippen MR) is 76.6 cm³/mol. The first-order chi connectivity index (χ1) is 9.20. The molecule has 0 unspecified atom stereocenters. The molecule has 3 N–H and O–H groups in total. The summed E-state index contributed by atoms with van der Waals surface area (Å²) in [6.45, 7) is 0.462. The summed E-state index contributed by atoms with van der Waals surface area (Å²) < 4.78 is 6.66. The van der Waals surface area contributed by atoms with Crippen LogP contribution in [0.15, 0.2) is 53.0 Å². The van der Waals surface area contributed by atoms with E-state index < -0.39 is 0 Å². The van der Waals surface area contributed by atoms with Gasteiger partial charge in [0.15, 0.2) is 0 Å². The Morgan fingerprint density at radius 3 is 2.47 bits per heavy atom. The Kier molecular flexibility index (Phi) is 4.54. The van der Waals surface area contributed by atoms with Crippen LogP contribution in [0.4, 0.5) is 0 Å². The van der Waals surface area contributed by atoms with Gasteiger partial charge in [0.1, 0.15) is 12.4 Å². The Labute approximate surface area is 119 Å². The standard InChI is InChI=1S/C14H13BrN2O2/c15-13-4-2-1-3-11(13)9-19-12-7-5-10(6-8-12)14(18)17-16/h1-8H,9,16H2,(H,17,18). The minimum absolute atomic E-state index is 0.322. The third-order valence-corrected chi connectivity index (χ3v) is 3.37. The molecule has 0 spiro atoms. The summed E-state index contributed by atoms with van der Waals surface area (Å²) in [5.41, 5.74) is 3.64. The van der Waals surface area contributed by atoms with Gasteiger partial charge in [-0.1, -0.05) is 34.1 Å². The molecule has 1 amide bonds. The van der Waals surface area contributed by atoms with Gasteiger partial charge in [-0.15, -0.1) is 0 Å². The number of halogens is 1. The highest BCUT2D eigenvalue weighted by Gasteiger charge is 2.04. The summed E-state index contributed by atoms with van der Waals surface area (Å²) in [6.07, 6.45) is 0. The number of hydrogen-bond donors (Lipinski definition) is 2. The van der Waals surface area contributed by atoms with Crippen LogP contribution in [0.1, 0.15) is 15.9 Å². The predicted octanol–water partition coefficient (Wildman–Crippen LogP) is 2.63. The molecule has 0 aliphatic heterocycles. The van der Waals surface area contributed by atoms with Gasteiger partial charge in [-0.25, -0.2) is 5.84 Å². The normalized spacial score (nSPS) is 10.0. The van der Waals surface area contributed by atoms with Crippen molar-refractivity contribution in [1.82, 2.24) is 5.43 Å². The number of benzene rings is 2. The molecular formula is C14H13BrN2O2. The van der Waals surface area contributed by atoms with E-state index in [0.29, 0.717) is 17.9 Å². The number of amides is 1. The van der Waals surface area contributed by atoms with Crippen molar-refractivity contribution < 1.29 is 9.53 Å². The molecule has 2 aromatic rings. The van der Waals surface area contributed by atoms with Crippen LogP contribution in [0.3, 0.4) is 0 Å². The van der Waals surface area contributed by atoms with E-state index in [4.69, 9.17) is 10.6 Å². The van der Waals surface area contributed by atoms with Crippen molar-refractivity contribution in [2.24, 2.45) is 5.84 Å². The maximum atomic E-state index is 11.3. The Balaban J connectivity index is 2.01. The van der Waals surface area contributed by atoms with Crippen LogP contribution >= 0.6 is 15.9 Å². The van der Waals surface area contributed by atoms with Crippen LogP contribution in [0.25, 0.3) is 0 Å². The average molecular weight is 321 g/mol. The molecule has 0 aliphatic carbocycles. The summed E-state index contributed by atoms with van der Waals surface area (Å²) in [7, 11) is 0. The Morgan fingerprint density at radius 1 is 1.16 bits per heavy atom. The second kappa shape index (κ2) is 6.36. The average Bonchev–Trinajstić information content (AvgIpc) is 2.46. The van der Waals surface area contributed by atoms with Crippen molar-refractivity contribution >= 4 is 21.8 Å². The monoisotopic (exact) mass is 320 g/mol. The van der Waals surface area contributed by atoms with Crippen LogP contribution in [-0.2, 0) is 6.61 Å². The molecule has 4 nitrogen and oxygen atoms in total. The molecular weight excluding hydrogens is 308 g/mol. The molecule has 5 heteroatoms. The van der Waals surface area contributed by atoms with Crippen LogP contribution in [-0.4, -0.2) is 5.91 Å². The second-order valence-electron chi connectivity index (χ2n) is 3.88. The minimum atomic E-state index is -0.322. The lowest BCUT2D eigenvalue weighted by Gasteiger charge is -2.08. The number of carbonyl (C=O) groups is 1. The van der Waals surface area contributed by atoms with Gasteiger partial charge in [0.2, 0.25) is 0 Å². The first-order valence-electron chi connectivity index (χ1n) is 5.68.